The van der Waals surface area contributed by atoms with Gasteiger partial charge in [-0.05, 0) is 24.3 Å². The molecule has 0 unspecified atom stereocenters. The summed E-state index contributed by atoms with van der Waals surface area (Å²) in [4.78, 5) is 18.8. The molecule has 0 saturated heterocycles. The minimum atomic E-state index is 0.0176. The van der Waals surface area contributed by atoms with Gasteiger partial charge in [-0.1, -0.05) is 34.3 Å². The lowest BCUT2D eigenvalue weighted by atomic mass is 10.5. The van der Waals surface area contributed by atoms with Crippen molar-refractivity contribution in [3.63, 3.8) is 0 Å². The molecule has 1 aliphatic carbocycles. The first-order valence-corrected chi connectivity index (χ1v) is 10.0. The molecule has 4 rings (SSSR count). The second-order valence-corrected chi connectivity index (χ2v) is 8.38. The van der Waals surface area contributed by atoms with Crippen LogP contribution < -0.4 is 4.90 Å². The molecular formula is C14H13N5O2S3. The number of carbonyl (C=O) groups excluding carboxylic acids is 1. The van der Waals surface area contributed by atoms with Crippen molar-refractivity contribution in [1.29, 1.82) is 0 Å². The van der Waals surface area contributed by atoms with Gasteiger partial charge in [0.2, 0.25) is 11.0 Å². The van der Waals surface area contributed by atoms with Gasteiger partial charge < -0.3 is 4.52 Å². The quantitative estimate of drug-likeness (QED) is 0.479. The number of amides is 1. The minimum absolute atomic E-state index is 0.0176. The molecule has 124 valence electrons. The van der Waals surface area contributed by atoms with Crippen molar-refractivity contribution in [2.45, 2.75) is 35.9 Å². The number of carbonyl (C=O) groups is 1. The van der Waals surface area contributed by atoms with Crippen LogP contribution in [0.3, 0.4) is 0 Å². The lowest BCUT2D eigenvalue weighted by molar-refractivity contribution is -0.116. The van der Waals surface area contributed by atoms with E-state index in [-0.39, 0.29) is 5.91 Å². The third-order valence-corrected chi connectivity index (χ3v) is 6.29. The smallest absolute Gasteiger partial charge is 0.268 e. The Morgan fingerprint density at radius 2 is 2.33 bits per heavy atom. The van der Waals surface area contributed by atoms with Crippen LogP contribution in [0.1, 0.15) is 25.6 Å². The van der Waals surface area contributed by atoms with Crippen LogP contribution in [0.15, 0.2) is 26.4 Å². The lowest BCUT2D eigenvalue weighted by Gasteiger charge is -2.15. The molecule has 10 heteroatoms. The lowest BCUT2D eigenvalue weighted by Crippen LogP contribution is -2.30. The zero-order chi connectivity index (χ0) is 16.5. The van der Waals surface area contributed by atoms with Crippen molar-refractivity contribution in [2.24, 2.45) is 0 Å². The summed E-state index contributed by atoms with van der Waals surface area (Å²) in [5.41, 5.74) is 0. The highest BCUT2D eigenvalue weighted by Crippen LogP contribution is 2.36. The standard InChI is InChI=1S/C14H13N5O2S3/c1-8(20)19(9-4-5-9)13-16-17-14(24-13)23-7-11-15-12(21-18-11)10-3-2-6-22-10/h2-3,6,9H,4-5,7H2,1H3. The number of thiophene rings is 1. The molecule has 0 radical (unpaired) electrons. The Hall–Kier alpha value is -1.78. The number of hydrogen-bond acceptors (Lipinski definition) is 9. The van der Waals surface area contributed by atoms with E-state index in [0.29, 0.717) is 28.6 Å². The second-order valence-electron chi connectivity index (χ2n) is 5.25. The Bertz CT molecular complexity index is 840. The van der Waals surface area contributed by atoms with Gasteiger partial charge in [0.25, 0.3) is 5.89 Å². The number of anilines is 1. The first kappa shape index (κ1) is 15.7. The molecule has 7 nitrogen and oxygen atoms in total. The Morgan fingerprint density at radius 3 is 3.04 bits per heavy atom. The van der Waals surface area contributed by atoms with Gasteiger partial charge in [-0.15, -0.1) is 21.5 Å². The zero-order valence-electron chi connectivity index (χ0n) is 12.7. The second kappa shape index (κ2) is 6.61. The molecule has 0 N–H and O–H groups in total. The largest absolute Gasteiger partial charge is 0.333 e. The normalized spacial score (nSPS) is 14.0. The molecule has 24 heavy (non-hydrogen) atoms. The number of aromatic nitrogens is 4. The van der Waals surface area contributed by atoms with Crippen LogP contribution >= 0.6 is 34.4 Å². The summed E-state index contributed by atoms with van der Waals surface area (Å²) in [5, 5.41) is 14.9. The average Bonchev–Trinajstić information content (AvgIpc) is 3.02. The molecule has 0 atom stereocenters. The SMILES string of the molecule is CC(=O)N(c1nnc(SCc2noc(-c3cccs3)n2)s1)C1CC1. The van der Waals surface area contributed by atoms with Crippen LogP contribution in [0.2, 0.25) is 0 Å². The molecule has 1 aliphatic rings. The van der Waals surface area contributed by atoms with Crippen molar-refractivity contribution in [3.8, 4) is 10.8 Å². The molecule has 0 bridgehead atoms. The average molecular weight is 379 g/mol. The highest BCUT2D eigenvalue weighted by Gasteiger charge is 2.34. The fourth-order valence-electron chi connectivity index (χ4n) is 2.18. The van der Waals surface area contributed by atoms with Gasteiger partial charge in [-0.2, -0.15) is 4.98 Å². The molecule has 0 aliphatic heterocycles. The van der Waals surface area contributed by atoms with E-state index >= 15 is 0 Å². The third-order valence-electron chi connectivity index (χ3n) is 3.38. The van der Waals surface area contributed by atoms with E-state index in [4.69, 9.17) is 4.52 Å². The summed E-state index contributed by atoms with van der Waals surface area (Å²) in [7, 11) is 0. The Kier molecular flexibility index (Phi) is 4.33. The van der Waals surface area contributed by atoms with Crippen molar-refractivity contribution in [3.05, 3.63) is 23.3 Å². The first-order valence-electron chi connectivity index (χ1n) is 7.33. The highest BCUT2D eigenvalue weighted by atomic mass is 32.2. The van der Waals surface area contributed by atoms with Crippen LogP contribution in [0.25, 0.3) is 10.8 Å². The van der Waals surface area contributed by atoms with E-state index < -0.39 is 0 Å². The molecular weight excluding hydrogens is 366 g/mol. The van der Waals surface area contributed by atoms with Crippen molar-refractivity contribution >= 4 is 45.5 Å². The van der Waals surface area contributed by atoms with Gasteiger partial charge in [-0.3, -0.25) is 9.69 Å². The predicted molar refractivity (Wildman–Crippen MR) is 93.3 cm³/mol. The van der Waals surface area contributed by atoms with E-state index in [1.807, 2.05) is 17.5 Å². The Balaban J connectivity index is 1.40. The summed E-state index contributed by atoms with van der Waals surface area (Å²) in [6, 6.07) is 4.18. The summed E-state index contributed by atoms with van der Waals surface area (Å²) < 4.78 is 6.05. The number of thioether (sulfide) groups is 1. The summed E-state index contributed by atoms with van der Waals surface area (Å²) >= 11 is 4.48. The summed E-state index contributed by atoms with van der Waals surface area (Å²) in [6.07, 6.45) is 2.08. The topological polar surface area (TPSA) is 85.0 Å². The maximum atomic E-state index is 11.8. The zero-order valence-corrected chi connectivity index (χ0v) is 15.2. The molecule has 0 aromatic carbocycles. The van der Waals surface area contributed by atoms with Crippen LogP contribution in [0, 0.1) is 0 Å². The van der Waals surface area contributed by atoms with Crippen LogP contribution in [0.5, 0.6) is 0 Å². The number of rotatable bonds is 6. The van der Waals surface area contributed by atoms with E-state index in [0.717, 1.165) is 22.1 Å². The monoisotopic (exact) mass is 379 g/mol. The van der Waals surface area contributed by atoms with Gasteiger partial charge in [0.05, 0.1) is 10.6 Å². The van der Waals surface area contributed by atoms with Gasteiger partial charge in [0.15, 0.2) is 10.2 Å². The van der Waals surface area contributed by atoms with Gasteiger partial charge in [-0.25, -0.2) is 0 Å². The van der Waals surface area contributed by atoms with Crippen LogP contribution in [0.4, 0.5) is 5.13 Å². The summed E-state index contributed by atoms with van der Waals surface area (Å²) in [5.74, 6) is 1.72. The molecule has 1 fully saturated rings. The van der Waals surface area contributed by atoms with Crippen LogP contribution in [-0.4, -0.2) is 32.3 Å². The molecule has 3 aromatic rings. The van der Waals surface area contributed by atoms with E-state index in [2.05, 4.69) is 20.3 Å². The van der Waals surface area contributed by atoms with Crippen molar-refractivity contribution in [2.75, 3.05) is 4.90 Å². The first-order chi connectivity index (χ1) is 11.7. The molecule has 1 saturated carbocycles. The highest BCUT2D eigenvalue weighted by molar-refractivity contribution is 8.00. The van der Waals surface area contributed by atoms with Crippen LogP contribution in [-0.2, 0) is 10.5 Å². The Labute approximate surface area is 150 Å². The predicted octanol–water partition coefficient (Wildman–Crippen LogP) is 3.46. The fourth-order valence-corrected chi connectivity index (χ4v) is 4.62. The Morgan fingerprint density at radius 1 is 1.46 bits per heavy atom. The minimum Gasteiger partial charge on any atom is -0.333 e. The van der Waals surface area contributed by atoms with Gasteiger partial charge in [0.1, 0.15) is 0 Å². The van der Waals surface area contributed by atoms with Crippen molar-refractivity contribution < 1.29 is 9.32 Å². The molecule has 3 heterocycles. The van der Waals surface area contributed by atoms with E-state index in [1.54, 1.807) is 23.2 Å². The van der Waals surface area contributed by atoms with Gasteiger partial charge in [0, 0.05) is 13.0 Å². The molecule has 3 aromatic heterocycles. The molecule has 0 spiro atoms. The van der Waals surface area contributed by atoms with Crippen molar-refractivity contribution in [1.82, 2.24) is 20.3 Å². The maximum Gasteiger partial charge on any atom is 0.268 e. The van der Waals surface area contributed by atoms with Gasteiger partial charge >= 0.3 is 0 Å². The third kappa shape index (κ3) is 3.35. The fraction of sp³-hybridized carbons (Fsp3) is 0.357. The number of hydrogen-bond donors (Lipinski definition) is 0. The maximum absolute atomic E-state index is 11.8. The summed E-state index contributed by atoms with van der Waals surface area (Å²) in [6.45, 7) is 1.57. The van der Waals surface area contributed by atoms with E-state index in [1.165, 1.54) is 23.1 Å². The molecule has 1 amide bonds. The number of nitrogens with zero attached hydrogens (tertiary/aromatic N) is 5. The van der Waals surface area contributed by atoms with E-state index in [9.17, 15) is 4.79 Å².